The lowest BCUT2D eigenvalue weighted by atomic mass is 9.67. The summed E-state index contributed by atoms with van der Waals surface area (Å²) in [7, 11) is 0. The van der Waals surface area contributed by atoms with Gasteiger partial charge in [-0.05, 0) is 99.1 Å². The summed E-state index contributed by atoms with van der Waals surface area (Å²) in [6, 6.07) is 73.6. The number of benzene rings is 8. The van der Waals surface area contributed by atoms with Crippen LogP contribution in [-0.2, 0) is 5.41 Å². The first-order valence-corrected chi connectivity index (χ1v) is 18.3. The maximum atomic E-state index is 2.45. The van der Waals surface area contributed by atoms with Gasteiger partial charge >= 0.3 is 0 Å². The van der Waals surface area contributed by atoms with Gasteiger partial charge in [0.15, 0.2) is 0 Å². The average molecular weight is 675 g/mol. The van der Waals surface area contributed by atoms with E-state index >= 15 is 0 Å². The van der Waals surface area contributed by atoms with Gasteiger partial charge in [-0.2, -0.15) is 0 Å². The molecule has 11 rings (SSSR count). The Hall–Kier alpha value is -6.90. The molecule has 0 atom stereocenters. The number of para-hydroxylation sites is 2. The van der Waals surface area contributed by atoms with Crippen LogP contribution >= 0.6 is 0 Å². The normalized spacial score (nSPS) is 13.1. The lowest BCUT2D eigenvalue weighted by molar-refractivity contribution is 0.769. The number of nitrogens with zero attached hydrogens (tertiary/aromatic N) is 2. The van der Waals surface area contributed by atoms with Gasteiger partial charge in [-0.3, -0.25) is 0 Å². The maximum absolute atomic E-state index is 2.45. The van der Waals surface area contributed by atoms with E-state index in [1.807, 2.05) is 0 Å². The van der Waals surface area contributed by atoms with Crippen LogP contribution in [0.3, 0.4) is 0 Å². The molecule has 0 N–H and O–H groups in total. The summed E-state index contributed by atoms with van der Waals surface area (Å²) >= 11 is 0. The van der Waals surface area contributed by atoms with Crippen molar-refractivity contribution >= 4 is 32.7 Å². The molecule has 0 fully saturated rings. The Morgan fingerprint density at radius 2 is 1.00 bits per heavy atom. The Labute approximate surface area is 308 Å². The second kappa shape index (κ2) is 11.6. The van der Waals surface area contributed by atoms with Crippen LogP contribution in [-0.4, -0.2) is 9.13 Å². The van der Waals surface area contributed by atoms with Crippen LogP contribution in [0.1, 0.15) is 22.3 Å². The first-order chi connectivity index (χ1) is 26.3. The smallest absolute Gasteiger partial charge is 0.0713 e. The average Bonchev–Trinajstić information content (AvgIpc) is 3.89. The van der Waals surface area contributed by atoms with Gasteiger partial charge in [0, 0.05) is 33.7 Å². The molecule has 2 heteroatoms. The quantitative estimate of drug-likeness (QED) is 0.172. The van der Waals surface area contributed by atoms with Crippen LogP contribution in [0.4, 0.5) is 0 Å². The molecular weight excluding hydrogens is 641 g/mol. The van der Waals surface area contributed by atoms with Crippen LogP contribution in [0.25, 0.3) is 66.3 Å². The molecule has 0 saturated carbocycles. The summed E-state index contributed by atoms with van der Waals surface area (Å²) in [6.07, 6.45) is 2.18. The minimum atomic E-state index is -0.434. The summed E-state index contributed by atoms with van der Waals surface area (Å²) in [4.78, 5) is 0. The van der Waals surface area contributed by atoms with E-state index in [1.165, 1.54) is 82.9 Å². The third kappa shape index (κ3) is 4.33. The molecule has 0 aliphatic heterocycles. The second-order valence-electron chi connectivity index (χ2n) is 14.1. The minimum absolute atomic E-state index is 0.434. The van der Waals surface area contributed by atoms with Crippen molar-refractivity contribution in [3.05, 3.63) is 229 Å². The van der Waals surface area contributed by atoms with Gasteiger partial charge < -0.3 is 9.13 Å². The minimum Gasteiger partial charge on any atom is -0.317 e. The first kappa shape index (κ1) is 29.8. The monoisotopic (exact) mass is 674 g/mol. The zero-order valence-electron chi connectivity index (χ0n) is 29.0. The van der Waals surface area contributed by atoms with Crippen LogP contribution in [0.15, 0.2) is 206 Å². The number of aromatic nitrogens is 2. The number of fused-ring (bicyclic) bond motifs is 7. The molecule has 0 radical (unpaired) electrons. The molecular formula is C51H34N2. The third-order valence-electron chi connectivity index (χ3n) is 11.4. The largest absolute Gasteiger partial charge is 0.317 e. The highest BCUT2D eigenvalue weighted by Crippen LogP contribution is 2.56. The van der Waals surface area contributed by atoms with Gasteiger partial charge in [0.2, 0.25) is 0 Å². The number of hydrogen-bond donors (Lipinski definition) is 0. The second-order valence-corrected chi connectivity index (χ2v) is 14.1. The molecule has 1 aliphatic rings. The number of hydrogen-bond acceptors (Lipinski definition) is 0. The van der Waals surface area contributed by atoms with E-state index in [4.69, 9.17) is 0 Å². The van der Waals surface area contributed by atoms with E-state index in [2.05, 4.69) is 216 Å². The van der Waals surface area contributed by atoms with Crippen molar-refractivity contribution < 1.29 is 0 Å². The first-order valence-electron chi connectivity index (χ1n) is 18.3. The van der Waals surface area contributed by atoms with Crippen molar-refractivity contribution in [2.75, 3.05) is 0 Å². The van der Waals surface area contributed by atoms with Crippen molar-refractivity contribution in [2.45, 2.75) is 5.41 Å². The lowest BCUT2D eigenvalue weighted by Gasteiger charge is -2.34. The predicted molar refractivity (Wildman–Crippen MR) is 220 cm³/mol. The van der Waals surface area contributed by atoms with E-state index in [1.54, 1.807) is 0 Å². The Morgan fingerprint density at radius 1 is 0.358 bits per heavy atom. The zero-order valence-corrected chi connectivity index (χ0v) is 29.0. The summed E-state index contributed by atoms with van der Waals surface area (Å²) in [5.41, 5.74) is 15.7. The summed E-state index contributed by atoms with van der Waals surface area (Å²) in [6.45, 7) is 0. The summed E-state index contributed by atoms with van der Waals surface area (Å²) in [5.74, 6) is 0. The highest BCUT2D eigenvalue weighted by atomic mass is 15.0. The molecule has 2 heterocycles. The molecule has 10 aromatic rings. The summed E-state index contributed by atoms with van der Waals surface area (Å²) in [5, 5.41) is 3.72. The van der Waals surface area contributed by atoms with Gasteiger partial charge in [-0.15, -0.1) is 0 Å². The van der Waals surface area contributed by atoms with Gasteiger partial charge in [-0.25, -0.2) is 0 Å². The Balaban J connectivity index is 1.11. The number of rotatable bonds is 5. The SMILES string of the molecule is c1ccc(-n2ccc3cc4c(cc32)c2ccccc2n4-c2cccc(-c3ccc4c(c3)C(c3ccccc3)(c3ccccc3)c3ccccc3-4)c2)cc1. The molecule has 0 unspecified atom stereocenters. The van der Waals surface area contributed by atoms with Crippen LogP contribution < -0.4 is 0 Å². The maximum Gasteiger partial charge on any atom is 0.0713 e. The lowest BCUT2D eigenvalue weighted by Crippen LogP contribution is -2.28. The highest BCUT2D eigenvalue weighted by molar-refractivity contribution is 6.13. The van der Waals surface area contributed by atoms with Crippen LogP contribution in [0.2, 0.25) is 0 Å². The molecule has 248 valence electrons. The topological polar surface area (TPSA) is 9.86 Å². The molecule has 0 saturated heterocycles. The standard InChI is InChI=1S/C51H34N2/c1-4-16-38(17-5-1)51(39-18-6-2-7-19-39)46-25-12-10-23-42(46)43-28-27-36(32-47(43)51)35-15-14-22-41(31-35)53-48-26-13-11-24-44(48)45-34-49-37(33-50(45)53)29-30-52(49)40-20-8-3-9-21-40/h1-34H. The van der Waals surface area contributed by atoms with Crippen molar-refractivity contribution in [3.8, 4) is 33.6 Å². The molecule has 53 heavy (non-hydrogen) atoms. The highest BCUT2D eigenvalue weighted by Gasteiger charge is 2.46. The fourth-order valence-electron chi connectivity index (χ4n) is 9.14. The summed E-state index contributed by atoms with van der Waals surface area (Å²) < 4.78 is 4.73. The van der Waals surface area contributed by atoms with Gasteiger partial charge in [0.1, 0.15) is 0 Å². The van der Waals surface area contributed by atoms with Gasteiger partial charge in [-0.1, -0.05) is 146 Å². The van der Waals surface area contributed by atoms with Crippen molar-refractivity contribution in [2.24, 2.45) is 0 Å². The van der Waals surface area contributed by atoms with E-state index in [0.29, 0.717) is 0 Å². The van der Waals surface area contributed by atoms with Crippen LogP contribution in [0.5, 0.6) is 0 Å². The fourth-order valence-corrected chi connectivity index (χ4v) is 9.14. The molecule has 0 amide bonds. The van der Waals surface area contributed by atoms with Gasteiger partial charge in [0.05, 0.1) is 22.0 Å². The molecule has 0 spiro atoms. The molecule has 0 bridgehead atoms. The zero-order chi connectivity index (χ0) is 34.9. The predicted octanol–water partition coefficient (Wildman–Crippen LogP) is 12.8. The Bertz CT molecular complexity index is 2950. The van der Waals surface area contributed by atoms with E-state index in [-0.39, 0.29) is 0 Å². The van der Waals surface area contributed by atoms with E-state index in [0.717, 1.165) is 5.69 Å². The Morgan fingerprint density at radius 3 is 1.79 bits per heavy atom. The molecule has 2 nitrogen and oxygen atoms in total. The van der Waals surface area contributed by atoms with Gasteiger partial charge in [0.25, 0.3) is 0 Å². The molecule has 1 aliphatic carbocycles. The third-order valence-corrected chi connectivity index (χ3v) is 11.4. The van der Waals surface area contributed by atoms with Crippen molar-refractivity contribution in [1.82, 2.24) is 9.13 Å². The fraction of sp³-hybridized carbons (Fsp3) is 0.0196. The molecule has 2 aromatic heterocycles. The van der Waals surface area contributed by atoms with E-state index in [9.17, 15) is 0 Å². The Kier molecular flexibility index (Phi) is 6.50. The molecule has 8 aromatic carbocycles. The van der Waals surface area contributed by atoms with Crippen molar-refractivity contribution in [1.29, 1.82) is 0 Å². The van der Waals surface area contributed by atoms with Crippen LogP contribution in [0, 0.1) is 0 Å². The van der Waals surface area contributed by atoms with Crippen molar-refractivity contribution in [3.63, 3.8) is 0 Å². The van der Waals surface area contributed by atoms with E-state index < -0.39 is 5.41 Å².